The van der Waals surface area contributed by atoms with Crippen LogP contribution in [0.1, 0.15) is 45.7 Å². The molecule has 102 valence electrons. The van der Waals surface area contributed by atoms with Gasteiger partial charge in [0.15, 0.2) is 0 Å². The highest BCUT2D eigenvalue weighted by molar-refractivity contribution is 5.19. The lowest BCUT2D eigenvalue weighted by atomic mass is 9.88. The predicted octanol–water partition coefficient (Wildman–Crippen LogP) is 3.38. The van der Waals surface area contributed by atoms with E-state index in [1.165, 1.54) is 5.56 Å². The average molecular weight is 249 g/mol. The van der Waals surface area contributed by atoms with Gasteiger partial charge in [0.1, 0.15) is 0 Å². The number of hydrogen-bond donors (Lipinski definition) is 2. The largest absolute Gasteiger partial charge is 0.396 e. The summed E-state index contributed by atoms with van der Waals surface area (Å²) >= 11 is 0. The van der Waals surface area contributed by atoms with E-state index in [1.54, 1.807) is 0 Å². The van der Waals surface area contributed by atoms with E-state index in [1.807, 2.05) is 0 Å². The molecule has 1 unspecified atom stereocenters. The molecule has 1 aromatic rings. The molecule has 0 aliphatic carbocycles. The van der Waals surface area contributed by atoms with Gasteiger partial charge in [-0.3, -0.25) is 0 Å². The number of hydrogen-bond acceptors (Lipinski definition) is 2. The summed E-state index contributed by atoms with van der Waals surface area (Å²) in [5.41, 5.74) is 1.48. The molecule has 0 radical (unpaired) electrons. The third-order valence-electron chi connectivity index (χ3n) is 3.41. The van der Waals surface area contributed by atoms with Crippen LogP contribution in [0.4, 0.5) is 0 Å². The Bertz CT molecular complexity index is 332. The van der Waals surface area contributed by atoms with Gasteiger partial charge in [-0.15, -0.1) is 0 Å². The first-order valence-electron chi connectivity index (χ1n) is 6.85. The highest BCUT2D eigenvalue weighted by atomic mass is 16.3. The van der Waals surface area contributed by atoms with E-state index in [0.29, 0.717) is 12.0 Å². The molecule has 0 aromatic heterocycles. The van der Waals surface area contributed by atoms with Crippen LogP contribution >= 0.6 is 0 Å². The second kappa shape index (κ2) is 6.91. The first-order chi connectivity index (χ1) is 8.46. The molecule has 2 N–H and O–H groups in total. The maximum Gasteiger partial charge on any atom is 0.0436 e. The van der Waals surface area contributed by atoms with Crippen LogP contribution in [0.5, 0.6) is 0 Å². The van der Waals surface area contributed by atoms with Gasteiger partial charge in [0.05, 0.1) is 0 Å². The Balaban J connectivity index is 2.65. The molecule has 0 bridgehead atoms. The van der Waals surface area contributed by atoms with Crippen LogP contribution in [0, 0.1) is 11.3 Å². The minimum absolute atomic E-state index is 0.136. The summed E-state index contributed by atoms with van der Waals surface area (Å²) in [6.45, 7) is 10.0. The predicted molar refractivity (Wildman–Crippen MR) is 77.5 cm³/mol. The molecule has 0 amide bonds. The van der Waals surface area contributed by atoms with E-state index >= 15 is 0 Å². The molecule has 2 heteroatoms. The van der Waals surface area contributed by atoms with Crippen LogP contribution in [0.15, 0.2) is 30.3 Å². The molecule has 1 aromatic carbocycles. The van der Waals surface area contributed by atoms with Crippen molar-refractivity contribution in [3.05, 3.63) is 35.9 Å². The van der Waals surface area contributed by atoms with Crippen molar-refractivity contribution in [1.29, 1.82) is 0 Å². The van der Waals surface area contributed by atoms with Gasteiger partial charge in [-0.25, -0.2) is 0 Å². The van der Waals surface area contributed by atoms with E-state index in [9.17, 15) is 0 Å². The van der Waals surface area contributed by atoms with Crippen molar-refractivity contribution in [2.75, 3.05) is 13.2 Å². The standard InChI is InChI=1S/C16H27NO/c1-13(2)15(14-8-6-5-7-9-14)17-12-16(3,4)10-11-18/h5-9,13,15,17-18H,10-12H2,1-4H3. The molecule has 2 nitrogen and oxygen atoms in total. The first kappa shape index (κ1) is 15.2. The smallest absolute Gasteiger partial charge is 0.0436 e. The van der Waals surface area contributed by atoms with Crippen LogP contribution in [0.3, 0.4) is 0 Å². The summed E-state index contributed by atoms with van der Waals surface area (Å²) in [5, 5.41) is 12.7. The summed E-state index contributed by atoms with van der Waals surface area (Å²) in [5.74, 6) is 0.553. The number of aliphatic hydroxyl groups is 1. The summed E-state index contributed by atoms with van der Waals surface area (Å²) in [7, 11) is 0. The Labute approximate surface area is 111 Å². The molecule has 0 saturated carbocycles. The maximum atomic E-state index is 9.07. The van der Waals surface area contributed by atoms with Gasteiger partial charge in [-0.05, 0) is 23.3 Å². The second-order valence-electron chi connectivity index (χ2n) is 6.15. The van der Waals surface area contributed by atoms with Crippen molar-refractivity contribution in [2.45, 2.75) is 40.2 Å². The van der Waals surface area contributed by atoms with Gasteiger partial charge in [0.25, 0.3) is 0 Å². The molecule has 0 aliphatic heterocycles. The molecule has 1 atom stereocenters. The lowest BCUT2D eigenvalue weighted by Crippen LogP contribution is -2.35. The quantitative estimate of drug-likeness (QED) is 0.776. The SMILES string of the molecule is CC(C)C(NCC(C)(C)CCO)c1ccccc1. The molecular weight excluding hydrogens is 222 g/mol. The summed E-state index contributed by atoms with van der Waals surface area (Å²) in [6, 6.07) is 11.0. The number of nitrogens with one attached hydrogen (secondary N) is 1. The Morgan fingerprint density at radius 1 is 1.17 bits per heavy atom. The summed E-state index contributed by atoms with van der Waals surface area (Å²) in [6.07, 6.45) is 0.833. The Kier molecular flexibility index (Phi) is 5.83. The van der Waals surface area contributed by atoms with Crippen LogP contribution in [-0.4, -0.2) is 18.3 Å². The molecule has 18 heavy (non-hydrogen) atoms. The van der Waals surface area contributed by atoms with Crippen molar-refractivity contribution in [3.63, 3.8) is 0 Å². The van der Waals surface area contributed by atoms with Crippen LogP contribution < -0.4 is 5.32 Å². The van der Waals surface area contributed by atoms with E-state index in [0.717, 1.165) is 13.0 Å². The van der Waals surface area contributed by atoms with Crippen molar-refractivity contribution in [1.82, 2.24) is 5.32 Å². The van der Waals surface area contributed by atoms with E-state index < -0.39 is 0 Å². The molecule has 0 aliphatic rings. The number of benzene rings is 1. The van der Waals surface area contributed by atoms with Gasteiger partial charge in [-0.2, -0.15) is 0 Å². The Morgan fingerprint density at radius 3 is 2.28 bits per heavy atom. The molecule has 0 fully saturated rings. The van der Waals surface area contributed by atoms with E-state index in [-0.39, 0.29) is 12.0 Å². The normalized spacial score (nSPS) is 13.9. The lowest BCUT2D eigenvalue weighted by Gasteiger charge is -2.30. The zero-order chi connectivity index (χ0) is 13.6. The maximum absolute atomic E-state index is 9.07. The summed E-state index contributed by atoms with van der Waals surface area (Å²) in [4.78, 5) is 0. The van der Waals surface area contributed by atoms with Crippen LogP contribution in [0.25, 0.3) is 0 Å². The molecule has 0 heterocycles. The zero-order valence-electron chi connectivity index (χ0n) is 12.1. The van der Waals surface area contributed by atoms with Crippen LogP contribution in [0.2, 0.25) is 0 Å². The van der Waals surface area contributed by atoms with Crippen molar-refractivity contribution < 1.29 is 5.11 Å². The third kappa shape index (κ3) is 4.79. The van der Waals surface area contributed by atoms with Gasteiger partial charge in [0.2, 0.25) is 0 Å². The van der Waals surface area contributed by atoms with Crippen LogP contribution in [-0.2, 0) is 0 Å². The lowest BCUT2D eigenvalue weighted by molar-refractivity contribution is 0.198. The molecule has 0 saturated heterocycles. The van der Waals surface area contributed by atoms with E-state index in [4.69, 9.17) is 5.11 Å². The van der Waals surface area contributed by atoms with Gasteiger partial charge >= 0.3 is 0 Å². The number of rotatable bonds is 7. The minimum Gasteiger partial charge on any atom is -0.396 e. The second-order valence-corrected chi connectivity index (χ2v) is 6.15. The van der Waals surface area contributed by atoms with Gasteiger partial charge in [0, 0.05) is 19.2 Å². The average Bonchev–Trinajstić information content (AvgIpc) is 2.30. The Morgan fingerprint density at radius 2 is 1.78 bits per heavy atom. The van der Waals surface area contributed by atoms with Gasteiger partial charge < -0.3 is 10.4 Å². The number of aliphatic hydroxyl groups excluding tert-OH is 1. The topological polar surface area (TPSA) is 32.3 Å². The summed E-state index contributed by atoms with van der Waals surface area (Å²) < 4.78 is 0. The van der Waals surface area contributed by atoms with E-state index in [2.05, 4.69) is 63.3 Å². The Hall–Kier alpha value is -0.860. The fraction of sp³-hybridized carbons (Fsp3) is 0.625. The fourth-order valence-corrected chi connectivity index (χ4v) is 2.18. The van der Waals surface area contributed by atoms with Gasteiger partial charge in [-0.1, -0.05) is 58.0 Å². The fourth-order valence-electron chi connectivity index (χ4n) is 2.18. The molecule has 1 rings (SSSR count). The van der Waals surface area contributed by atoms with Crippen molar-refractivity contribution in [3.8, 4) is 0 Å². The molecule has 0 spiro atoms. The molecular formula is C16H27NO. The van der Waals surface area contributed by atoms with Crippen molar-refractivity contribution >= 4 is 0 Å². The highest BCUT2D eigenvalue weighted by Crippen LogP contribution is 2.24. The monoisotopic (exact) mass is 249 g/mol. The minimum atomic E-state index is 0.136. The zero-order valence-corrected chi connectivity index (χ0v) is 12.1. The highest BCUT2D eigenvalue weighted by Gasteiger charge is 2.21. The first-order valence-corrected chi connectivity index (χ1v) is 6.85. The third-order valence-corrected chi connectivity index (χ3v) is 3.41. The van der Waals surface area contributed by atoms with Crippen molar-refractivity contribution in [2.24, 2.45) is 11.3 Å².